The molecular formula is C27H27NO2. The van der Waals surface area contributed by atoms with Gasteiger partial charge in [0.05, 0.1) is 6.61 Å². The molecule has 0 unspecified atom stereocenters. The first-order valence-corrected chi connectivity index (χ1v) is 10.6. The first-order valence-electron chi connectivity index (χ1n) is 10.6. The lowest BCUT2D eigenvalue weighted by Gasteiger charge is -2.29. The maximum Gasteiger partial charge on any atom is 0.409 e. The van der Waals surface area contributed by atoms with Gasteiger partial charge in [-0.25, -0.2) is 4.79 Å². The Morgan fingerprint density at radius 3 is 1.90 bits per heavy atom. The van der Waals surface area contributed by atoms with Crippen LogP contribution in [0.25, 0.3) is 16.7 Å². The Hall–Kier alpha value is -3.33. The first kappa shape index (κ1) is 20.0. The Kier molecular flexibility index (Phi) is 6.29. The SMILES string of the molecule is CCOC(=O)N1CCC(=C(c2ccccc2)c2ccc(-c3ccccc3)cc2)CC1. The van der Waals surface area contributed by atoms with Crippen LogP contribution in [-0.4, -0.2) is 30.7 Å². The van der Waals surface area contributed by atoms with Gasteiger partial charge in [-0.15, -0.1) is 0 Å². The van der Waals surface area contributed by atoms with Crippen molar-refractivity contribution in [2.24, 2.45) is 0 Å². The summed E-state index contributed by atoms with van der Waals surface area (Å²) in [7, 11) is 0. The predicted octanol–water partition coefficient (Wildman–Crippen LogP) is 6.41. The quantitative estimate of drug-likeness (QED) is 0.509. The number of rotatable bonds is 4. The number of hydrogen-bond donors (Lipinski definition) is 0. The predicted molar refractivity (Wildman–Crippen MR) is 122 cm³/mol. The van der Waals surface area contributed by atoms with Crippen LogP contribution >= 0.6 is 0 Å². The number of carbonyl (C=O) groups is 1. The second kappa shape index (κ2) is 9.45. The van der Waals surface area contributed by atoms with E-state index in [-0.39, 0.29) is 6.09 Å². The maximum absolute atomic E-state index is 12.1. The fraction of sp³-hybridized carbons (Fsp3) is 0.222. The molecule has 0 atom stereocenters. The third-order valence-corrected chi connectivity index (χ3v) is 5.59. The van der Waals surface area contributed by atoms with Gasteiger partial charge in [0.1, 0.15) is 0 Å². The number of piperidine rings is 1. The van der Waals surface area contributed by atoms with E-state index in [1.807, 2.05) is 24.0 Å². The summed E-state index contributed by atoms with van der Waals surface area (Å²) < 4.78 is 5.17. The van der Waals surface area contributed by atoms with Crippen LogP contribution in [-0.2, 0) is 4.74 Å². The molecule has 1 aliphatic heterocycles. The molecule has 1 aliphatic rings. The number of ether oxygens (including phenoxy) is 1. The van der Waals surface area contributed by atoms with Crippen LogP contribution in [0, 0.1) is 0 Å². The van der Waals surface area contributed by atoms with Crippen LogP contribution in [0.3, 0.4) is 0 Å². The molecule has 0 radical (unpaired) electrons. The largest absolute Gasteiger partial charge is 0.450 e. The Labute approximate surface area is 178 Å². The summed E-state index contributed by atoms with van der Waals surface area (Å²) >= 11 is 0. The Balaban J connectivity index is 1.65. The molecule has 0 saturated carbocycles. The molecule has 1 saturated heterocycles. The minimum absolute atomic E-state index is 0.204. The van der Waals surface area contributed by atoms with Crippen molar-refractivity contribution in [3.05, 3.63) is 102 Å². The van der Waals surface area contributed by atoms with E-state index in [4.69, 9.17) is 4.74 Å². The molecule has 0 aromatic heterocycles. The van der Waals surface area contributed by atoms with Crippen molar-refractivity contribution in [3.8, 4) is 11.1 Å². The fourth-order valence-corrected chi connectivity index (χ4v) is 4.06. The molecule has 1 heterocycles. The number of carbonyl (C=O) groups excluding carboxylic acids is 1. The summed E-state index contributed by atoms with van der Waals surface area (Å²) in [5, 5.41) is 0. The lowest BCUT2D eigenvalue weighted by atomic mass is 9.88. The van der Waals surface area contributed by atoms with Gasteiger partial charge in [0.25, 0.3) is 0 Å². The Bertz CT molecular complexity index is 998. The lowest BCUT2D eigenvalue weighted by Crippen LogP contribution is -2.37. The second-order valence-corrected chi connectivity index (χ2v) is 7.47. The summed E-state index contributed by atoms with van der Waals surface area (Å²) in [5.41, 5.74) is 7.58. The van der Waals surface area contributed by atoms with Crippen LogP contribution in [0.1, 0.15) is 30.9 Å². The van der Waals surface area contributed by atoms with Crippen LogP contribution in [0.15, 0.2) is 90.5 Å². The van der Waals surface area contributed by atoms with Gasteiger partial charge in [-0.3, -0.25) is 0 Å². The molecule has 3 aromatic rings. The monoisotopic (exact) mass is 397 g/mol. The zero-order chi connectivity index (χ0) is 20.8. The molecule has 30 heavy (non-hydrogen) atoms. The van der Waals surface area contributed by atoms with E-state index in [0.717, 1.165) is 12.8 Å². The molecule has 1 amide bonds. The average molecular weight is 398 g/mol. The fourth-order valence-electron chi connectivity index (χ4n) is 4.06. The molecule has 3 nitrogen and oxygen atoms in total. The van der Waals surface area contributed by atoms with Crippen molar-refractivity contribution in [1.29, 1.82) is 0 Å². The van der Waals surface area contributed by atoms with Gasteiger partial charge < -0.3 is 9.64 Å². The molecular weight excluding hydrogens is 370 g/mol. The van der Waals surface area contributed by atoms with Gasteiger partial charge in [-0.2, -0.15) is 0 Å². The van der Waals surface area contributed by atoms with Crippen LogP contribution in [0.2, 0.25) is 0 Å². The third-order valence-electron chi connectivity index (χ3n) is 5.59. The van der Waals surface area contributed by atoms with E-state index in [1.54, 1.807) is 0 Å². The van der Waals surface area contributed by atoms with Crippen LogP contribution in [0.5, 0.6) is 0 Å². The molecule has 0 bridgehead atoms. The molecule has 0 N–H and O–H groups in total. The standard InChI is InChI=1S/C27H27NO2/c1-2-30-27(29)28-19-17-25(18-20-28)26(23-11-7-4-8-12-23)24-15-13-22(14-16-24)21-9-5-3-6-10-21/h3-16H,2,17-20H2,1H3. The van der Waals surface area contributed by atoms with Gasteiger partial charge in [-0.1, -0.05) is 90.5 Å². The summed E-state index contributed by atoms with van der Waals surface area (Å²) in [6, 6.07) is 29.8. The van der Waals surface area contributed by atoms with Crippen molar-refractivity contribution in [2.45, 2.75) is 19.8 Å². The zero-order valence-corrected chi connectivity index (χ0v) is 17.4. The highest BCUT2D eigenvalue weighted by Gasteiger charge is 2.22. The molecule has 152 valence electrons. The number of hydrogen-bond acceptors (Lipinski definition) is 2. The van der Waals surface area contributed by atoms with Gasteiger partial charge in [0.15, 0.2) is 0 Å². The van der Waals surface area contributed by atoms with Crippen molar-refractivity contribution in [2.75, 3.05) is 19.7 Å². The van der Waals surface area contributed by atoms with Crippen molar-refractivity contribution in [1.82, 2.24) is 4.90 Å². The molecule has 0 aliphatic carbocycles. The molecule has 3 aromatic carbocycles. The van der Waals surface area contributed by atoms with E-state index >= 15 is 0 Å². The van der Waals surface area contributed by atoms with Crippen molar-refractivity contribution < 1.29 is 9.53 Å². The van der Waals surface area contributed by atoms with Gasteiger partial charge >= 0.3 is 6.09 Å². The maximum atomic E-state index is 12.1. The molecule has 4 rings (SSSR count). The topological polar surface area (TPSA) is 29.5 Å². The minimum Gasteiger partial charge on any atom is -0.450 e. The Morgan fingerprint density at radius 1 is 0.767 bits per heavy atom. The Morgan fingerprint density at radius 2 is 1.30 bits per heavy atom. The highest BCUT2D eigenvalue weighted by Crippen LogP contribution is 2.33. The number of benzene rings is 3. The highest BCUT2D eigenvalue weighted by molar-refractivity contribution is 5.83. The van der Waals surface area contributed by atoms with E-state index in [9.17, 15) is 4.79 Å². The van der Waals surface area contributed by atoms with Crippen LogP contribution < -0.4 is 0 Å². The summed E-state index contributed by atoms with van der Waals surface area (Å²) in [5.74, 6) is 0. The lowest BCUT2D eigenvalue weighted by molar-refractivity contribution is 0.104. The van der Waals surface area contributed by atoms with Crippen LogP contribution in [0.4, 0.5) is 4.79 Å². The van der Waals surface area contributed by atoms with Crippen molar-refractivity contribution in [3.63, 3.8) is 0 Å². The summed E-state index contributed by atoms with van der Waals surface area (Å²) in [6.45, 7) is 3.67. The van der Waals surface area contributed by atoms with E-state index in [1.165, 1.54) is 33.4 Å². The normalized spacial score (nSPS) is 13.8. The molecule has 0 spiro atoms. The summed E-state index contributed by atoms with van der Waals surface area (Å²) in [6.07, 6.45) is 1.53. The highest BCUT2D eigenvalue weighted by atomic mass is 16.6. The third kappa shape index (κ3) is 4.46. The van der Waals surface area contributed by atoms with Gasteiger partial charge in [0, 0.05) is 13.1 Å². The smallest absolute Gasteiger partial charge is 0.409 e. The minimum atomic E-state index is -0.204. The number of likely N-dealkylation sites (tertiary alicyclic amines) is 1. The zero-order valence-electron chi connectivity index (χ0n) is 17.4. The average Bonchev–Trinajstić information content (AvgIpc) is 2.82. The van der Waals surface area contributed by atoms with Gasteiger partial charge in [0.2, 0.25) is 0 Å². The second-order valence-electron chi connectivity index (χ2n) is 7.47. The van der Waals surface area contributed by atoms with Crippen molar-refractivity contribution >= 4 is 11.7 Å². The molecule has 3 heteroatoms. The summed E-state index contributed by atoms with van der Waals surface area (Å²) in [4.78, 5) is 13.9. The van der Waals surface area contributed by atoms with E-state index < -0.39 is 0 Å². The molecule has 1 fully saturated rings. The van der Waals surface area contributed by atoms with Gasteiger partial charge in [-0.05, 0) is 47.6 Å². The number of amides is 1. The van der Waals surface area contributed by atoms with E-state index in [0.29, 0.717) is 19.7 Å². The van der Waals surface area contributed by atoms with E-state index in [2.05, 4.69) is 72.8 Å². The number of nitrogens with zero attached hydrogens (tertiary/aromatic N) is 1. The first-order chi connectivity index (χ1) is 14.8.